The highest BCUT2D eigenvalue weighted by atomic mass is 16.6. The fourth-order valence-electron chi connectivity index (χ4n) is 3.92. The summed E-state index contributed by atoms with van der Waals surface area (Å²) in [6.07, 6.45) is 0.159. The molecule has 164 valence electrons. The van der Waals surface area contributed by atoms with Gasteiger partial charge in [-0.1, -0.05) is 0 Å². The fourth-order valence-corrected chi connectivity index (χ4v) is 3.92. The van der Waals surface area contributed by atoms with E-state index in [-0.39, 0.29) is 24.3 Å². The topological polar surface area (TPSA) is 86.3 Å². The number of carbonyl (C=O) groups excluding carboxylic acids is 2. The Hall–Kier alpha value is -3.42. The molecule has 8 nitrogen and oxygen atoms in total. The maximum absolute atomic E-state index is 12.9. The van der Waals surface area contributed by atoms with Crippen LogP contribution in [-0.4, -0.2) is 45.8 Å². The van der Waals surface area contributed by atoms with Crippen LogP contribution in [0.5, 0.6) is 23.0 Å². The molecule has 2 aliphatic rings. The summed E-state index contributed by atoms with van der Waals surface area (Å²) in [5, 5.41) is 3.01. The van der Waals surface area contributed by atoms with Crippen molar-refractivity contribution in [1.82, 2.24) is 5.32 Å². The van der Waals surface area contributed by atoms with Crippen LogP contribution in [0.2, 0.25) is 0 Å². The maximum Gasteiger partial charge on any atom is 0.227 e. The molecule has 0 aromatic heterocycles. The Kier molecular flexibility index (Phi) is 5.88. The van der Waals surface area contributed by atoms with Gasteiger partial charge < -0.3 is 29.2 Å². The molecule has 2 aromatic rings. The normalized spacial score (nSPS) is 18.5. The first-order chi connectivity index (χ1) is 15.0. The molecule has 1 N–H and O–H groups in total. The fraction of sp³-hybridized carbons (Fsp3) is 0.391. The zero-order valence-corrected chi connectivity index (χ0v) is 17.8. The van der Waals surface area contributed by atoms with Crippen LogP contribution in [0.25, 0.3) is 0 Å². The third kappa shape index (κ3) is 4.23. The third-order valence-electron chi connectivity index (χ3n) is 5.60. The van der Waals surface area contributed by atoms with E-state index in [9.17, 15) is 9.59 Å². The van der Waals surface area contributed by atoms with Crippen molar-refractivity contribution >= 4 is 17.5 Å². The van der Waals surface area contributed by atoms with Crippen LogP contribution < -0.4 is 29.2 Å². The number of ether oxygens (including phenoxy) is 4. The van der Waals surface area contributed by atoms with Gasteiger partial charge in [0.1, 0.15) is 24.7 Å². The molecule has 2 aromatic carbocycles. The Labute approximate surface area is 181 Å². The minimum absolute atomic E-state index is 0.0912. The second kappa shape index (κ2) is 8.75. The van der Waals surface area contributed by atoms with E-state index in [1.54, 1.807) is 37.3 Å². The highest BCUT2D eigenvalue weighted by Gasteiger charge is 2.36. The van der Waals surface area contributed by atoms with Crippen molar-refractivity contribution in [3.05, 3.63) is 42.0 Å². The lowest BCUT2D eigenvalue weighted by Crippen LogP contribution is -2.34. The molecule has 4 rings (SSSR count). The average Bonchev–Trinajstić information content (AvgIpc) is 3.19. The van der Waals surface area contributed by atoms with Crippen molar-refractivity contribution in [1.29, 1.82) is 0 Å². The number of hydrogen-bond acceptors (Lipinski definition) is 6. The molecule has 2 atom stereocenters. The molecule has 0 spiro atoms. The van der Waals surface area contributed by atoms with Crippen LogP contribution in [0, 0.1) is 5.92 Å². The monoisotopic (exact) mass is 426 g/mol. The number of nitrogens with one attached hydrogen (secondary N) is 1. The van der Waals surface area contributed by atoms with Gasteiger partial charge in [-0.05, 0) is 31.2 Å². The van der Waals surface area contributed by atoms with Crippen LogP contribution >= 0.6 is 0 Å². The maximum atomic E-state index is 12.9. The highest BCUT2D eigenvalue weighted by molar-refractivity contribution is 6.00. The second-order valence-corrected chi connectivity index (χ2v) is 7.57. The lowest BCUT2D eigenvalue weighted by atomic mass is 10.0. The summed E-state index contributed by atoms with van der Waals surface area (Å²) < 4.78 is 21.8. The summed E-state index contributed by atoms with van der Waals surface area (Å²) in [5.41, 5.74) is 1.54. The van der Waals surface area contributed by atoms with E-state index in [1.807, 2.05) is 25.1 Å². The quantitative estimate of drug-likeness (QED) is 0.764. The molecule has 0 bridgehead atoms. The van der Waals surface area contributed by atoms with E-state index in [2.05, 4.69) is 5.32 Å². The summed E-state index contributed by atoms with van der Waals surface area (Å²) >= 11 is 0. The molecule has 31 heavy (non-hydrogen) atoms. The largest absolute Gasteiger partial charge is 0.497 e. The minimum Gasteiger partial charge on any atom is -0.497 e. The van der Waals surface area contributed by atoms with Crippen molar-refractivity contribution in [2.24, 2.45) is 5.92 Å². The number of fused-ring (bicyclic) bond motifs is 1. The second-order valence-electron chi connectivity index (χ2n) is 7.57. The Morgan fingerprint density at radius 1 is 1.10 bits per heavy atom. The lowest BCUT2D eigenvalue weighted by Gasteiger charge is -2.22. The molecule has 2 heterocycles. The molecule has 0 saturated carbocycles. The van der Waals surface area contributed by atoms with Gasteiger partial charge in [-0.25, -0.2) is 0 Å². The molecular formula is C23H26N2O6. The first-order valence-corrected chi connectivity index (χ1v) is 10.2. The van der Waals surface area contributed by atoms with Crippen LogP contribution in [0.1, 0.15) is 24.9 Å². The number of benzene rings is 2. The molecule has 0 aliphatic carbocycles. The van der Waals surface area contributed by atoms with E-state index < -0.39 is 5.92 Å². The Morgan fingerprint density at radius 3 is 2.61 bits per heavy atom. The van der Waals surface area contributed by atoms with Crippen molar-refractivity contribution < 1.29 is 28.5 Å². The van der Waals surface area contributed by atoms with Gasteiger partial charge >= 0.3 is 0 Å². The number of methoxy groups -OCH3 is 2. The van der Waals surface area contributed by atoms with Crippen LogP contribution in [-0.2, 0) is 9.59 Å². The van der Waals surface area contributed by atoms with E-state index in [0.717, 1.165) is 5.56 Å². The van der Waals surface area contributed by atoms with Crippen LogP contribution in [0.15, 0.2) is 36.4 Å². The predicted octanol–water partition coefficient (Wildman–Crippen LogP) is 2.71. The summed E-state index contributed by atoms with van der Waals surface area (Å²) in [6, 6.07) is 10.6. The standard InChI is InChI=1S/C23H26N2O6/c1-14(18-6-5-17(28-2)12-20(18)29-3)24-23(27)15-10-22(26)25(13-15)16-4-7-19-21(11-16)31-9-8-30-19/h4-7,11-12,14-15H,8-10,13H2,1-3H3,(H,24,27). The summed E-state index contributed by atoms with van der Waals surface area (Å²) in [5.74, 6) is 1.89. The number of rotatable bonds is 6. The first kappa shape index (κ1) is 20.8. The van der Waals surface area contributed by atoms with Crippen LogP contribution in [0.4, 0.5) is 5.69 Å². The van der Waals surface area contributed by atoms with Gasteiger partial charge in [0, 0.05) is 36.3 Å². The SMILES string of the molecule is COc1ccc(C(C)NC(=O)C2CC(=O)N(c3ccc4c(c3)OCCO4)C2)c(OC)c1. The summed E-state index contributed by atoms with van der Waals surface area (Å²) in [6.45, 7) is 3.19. The van der Waals surface area contributed by atoms with Gasteiger partial charge in [-0.2, -0.15) is 0 Å². The van der Waals surface area contributed by atoms with Gasteiger partial charge in [0.25, 0.3) is 0 Å². The number of anilines is 1. The van der Waals surface area contributed by atoms with Gasteiger partial charge in [-0.3, -0.25) is 9.59 Å². The smallest absolute Gasteiger partial charge is 0.227 e. The van der Waals surface area contributed by atoms with Gasteiger partial charge in [0.2, 0.25) is 11.8 Å². The van der Waals surface area contributed by atoms with Crippen molar-refractivity contribution in [2.45, 2.75) is 19.4 Å². The lowest BCUT2D eigenvalue weighted by molar-refractivity contribution is -0.126. The zero-order chi connectivity index (χ0) is 22.0. The number of carbonyl (C=O) groups is 2. The third-order valence-corrected chi connectivity index (χ3v) is 5.60. The molecule has 1 fully saturated rings. The zero-order valence-electron chi connectivity index (χ0n) is 17.8. The average molecular weight is 426 g/mol. The first-order valence-electron chi connectivity index (χ1n) is 10.2. The molecule has 1 saturated heterocycles. The molecule has 2 aliphatic heterocycles. The van der Waals surface area contributed by atoms with Gasteiger partial charge in [0.05, 0.1) is 26.2 Å². The van der Waals surface area contributed by atoms with E-state index in [4.69, 9.17) is 18.9 Å². The molecule has 8 heteroatoms. The Morgan fingerprint density at radius 2 is 1.87 bits per heavy atom. The van der Waals surface area contributed by atoms with E-state index >= 15 is 0 Å². The Bertz CT molecular complexity index is 992. The molecule has 2 unspecified atom stereocenters. The van der Waals surface area contributed by atoms with Crippen molar-refractivity contribution in [2.75, 3.05) is 38.9 Å². The minimum atomic E-state index is -0.438. The van der Waals surface area contributed by atoms with Crippen molar-refractivity contribution in [3.63, 3.8) is 0 Å². The summed E-state index contributed by atoms with van der Waals surface area (Å²) in [4.78, 5) is 27.2. The number of hydrogen-bond donors (Lipinski definition) is 1. The summed E-state index contributed by atoms with van der Waals surface area (Å²) in [7, 11) is 3.16. The molecule has 0 radical (unpaired) electrons. The predicted molar refractivity (Wildman–Crippen MR) is 114 cm³/mol. The van der Waals surface area contributed by atoms with E-state index in [1.165, 1.54) is 0 Å². The van der Waals surface area contributed by atoms with Crippen LogP contribution in [0.3, 0.4) is 0 Å². The number of nitrogens with zero attached hydrogens (tertiary/aromatic N) is 1. The molecule has 2 amide bonds. The number of amides is 2. The Balaban J connectivity index is 1.44. The highest BCUT2D eigenvalue weighted by Crippen LogP contribution is 2.36. The van der Waals surface area contributed by atoms with Gasteiger partial charge in [-0.15, -0.1) is 0 Å². The van der Waals surface area contributed by atoms with Crippen molar-refractivity contribution in [3.8, 4) is 23.0 Å². The van der Waals surface area contributed by atoms with E-state index in [0.29, 0.717) is 48.4 Å². The van der Waals surface area contributed by atoms with Gasteiger partial charge in [0.15, 0.2) is 11.5 Å². The molecular weight excluding hydrogens is 400 g/mol.